The molecule has 28 heavy (non-hydrogen) atoms. The summed E-state index contributed by atoms with van der Waals surface area (Å²) in [5.41, 5.74) is 3.35. The lowest BCUT2D eigenvalue weighted by atomic mass is 10.1. The van der Waals surface area contributed by atoms with E-state index < -0.39 is 0 Å². The molecule has 0 aliphatic heterocycles. The first kappa shape index (κ1) is 19.6. The molecule has 0 spiro atoms. The first-order chi connectivity index (χ1) is 13.4. The van der Waals surface area contributed by atoms with Crippen molar-refractivity contribution in [2.75, 3.05) is 19.0 Å². The van der Waals surface area contributed by atoms with Crippen molar-refractivity contribution in [3.63, 3.8) is 0 Å². The molecule has 1 amide bonds. The molecule has 0 unspecified atom stereocenters. The fourth-order valence-corrected chi connectivity index (χ4v) is 3.05. The number of amides is 1. The number of nitrogens with one attached hydrogen (secondary N) is 2. The fraction of sp³-hybridized carbons (Fsp3) is 0.400. The third-order valence-corrected chi connectivity index (χ3v) is 4.39. The lowest BCUT2D eigenvalue weighted by Crippen LogP contribution is -2.34. The average molecular weight is 381 g/mol. The molecule has 1 aromatic carbocycles. The molecule has 0 bridgehead atoms. The number of benzene rings is 1. The smallest absolute Gasteiger partial charge is 0.251 e. The van der Waals surface area contributed by atoms with E-state index in [1.165, 1.54) is 0 Å². The summed E-state index contributed by atoms with van der Waals surface area (Å²) in [6.45, 7) is 6.68. The van der Waals surface area contributed by atoms with Gasteiger partial charge in [0, 0.05) is 49.9 Å². The summed E-state index contributed by atoms with van der Waals surface area (Å²) >= 11 is 0. The molecule has 8 heteroatoms. The molecule has 2 aromatic heterocycles. The molecule has 3 rings (SSSR count). The fourth-order valence-electron chi connectivity index (χ4n) is 3.05. The molecular formula is C20H27N7O. The summed E-state index contributed by atoms with van der Waals surface area (Å²) in [5.74, 6) is 1.28. The van der Waals surface area contributed by atoms with E-state index in [1.54, 1.807) is 6.07 Å². The van der Waals surface area contributed by atoms with Crippen molar-refractivity contribution in [2.45, 2.75) is 39.8 Å². The molecule has 3 aromatic rings. The van der Waals surface area contributed by atoms with Gasteiger partial charge in [-0.3, -0.25) is 9.89 Å². The maximum absolute atomic E-state index is 12.7. The Kier molecular flexibility index (Phi) is 5.77. The van der Waals surface area contributed by atoms with Crippen molar-refractivity contribution in [1.29, 1.82) is 0 Å². The Balaban J connectivity index is 1.74. The Morgan fingerprint density at radius 1 is 1.32 bits per heavy atom. The highest BCUT2D eigenvalue weighted by Crippen LogP contribution is 2.20. The molecule has 148 valence electrons. The molecule has 2 N–H and O–H groups in total. The van der Waals surface area contributed by atoms with Crippen LogP contribution in [0, 0.1) is 6.92 Å². The van der Waals surface area contributed by atoms with E-state index in [1.807, 2.05) is 68.7 Å². The molecule has 0 aliphatic rings. The Hall–Kier alpha value is -3.16. The van der Waals surface area contributed by atoms with Crippen LogP contribution in [0.4, 0.5) is 5.95 Å². The number of carbonyl (C=O) groups excluding carboxylic acids is 1. The minimum Gasteiger partial charge on any atom is -0.349 e. The third-order valence-electron chi connectivity index (χ3n) is 4.39. The number of rotatable bonds is 7. The summed E-state index contributed by atoms with van der Waals surface area (Å²) in [6.07, 6.45) is 0.671. The minimum absolute atomic E-state index is 0.0309. The first-order valence-electron chi connectivity index (χ1n) is 9.41. The summed E-state index contributed by atoms with van der Waals surface area (Å²) in [5, 5.41) is 14.7. The monoisotopic (exact) mass is 381 g/mol. The van der Waals surface area contributed by atoms with Crippen LogP contribution in [0.2, 0.25) is 0 Å². The van der Waals surface area contributed by atoms with Crippen molar-refractivity contribution in [1.82, 2.24) is 30.3 Å². The summed E-state index contributed by atoms with van der Waals surface area (Å²) in [6, 6.07) is 9.36. The lowest BCUT2D eigenvalue weighted by Gasteiger charge is -2.13. The van der Waals surface area contributed by atoms with Gasteiger partial charge in [0.15, 0.2) is 5.82 Å². The second kappa shape index (κ2) is 8.24. The highest BCUT2D eigenvalue weighted by Gasteiger charge is 2.15. The van der Waals surface area contributed by atoms with Gasteiger partial charge in [-0.05, 0) is 39.0 Å². The van der Waals surface area contributed by atoms with E-state index in [0.717, 1.165) is 29.4 Å². The van der Waals surface area contributed by atoms with Crippen LogP contribution in [0.25, 0.3) is 11.4 Å². The summed E-state index contributed by atoms with van der Waals surface area (Å²) < 4.78 is 1.84. The lowest BCUT2D eigenvalue weighted by molar-refractivity contribution is 0.0940. The van der Waals surface area contributed by atoms with Crippen molar-refractivity contribution in [3.05, 3.63) is 47.3 Å². The summed E-state index contributed by atoms with van der Waals surface area (Å²) in [7, 11) is 3.87. The third kappa shape index (κ3) is 4.39. The molecule has 1 atom stereocenters. The SMILES string of the molecule is CCn1nc(-c2cccc(C(=O)N[C@@H](C)Cc3cc(C)[nH]n3)c2)nc1N(C)C. The molecule has 2 heterocycles. The molecule has 0 fully saturated rings. The molecule has 0 saturated carbocycles. The van der Waals surface area contributed by atoms with Gasteiger partial charge in [0.25, 0.3) is 5.91 Å². The number of aryl methyl sites for hydroxylation is 2. The van der Waals surface area contributed by atoms with Gasteiger partial charge in [0.2, 0.25) is 5.95 Å². The zero-order chi connectivity index (χ0) is 20.3. The quantitative estimate of drug-likeness (QED) is 0.656. The maximum atomic E-state index is 12.7. The minimum atomic E-state index is -0.121. The van der Waals surface area contributed by atoms with Gasteiger partial charge < -0.3 is 10.2 Å². The van der Waals surface area contributed by atoms with Crippen molar-refractivity contribution in [2.24, 2.45) is 0 Å². The Labute approximate surface area is 165 Å². The highest BCUT2D eigenvalue weighted by atomic mass is 16.1. The predicted octanol–water partition coefficient (Wildman–Crippen LogP) is 2.42. The second-order valence-corrected chi connectivity index (χ2v) is 7.15. The number of aromatic nitrogens is 5. The first-order valence-corrected chi connectivity index (χ1v) is 9.41. The Morgan fingerprint density at radius 2 is 2.11 bits per heavy atom. The molecule has 0 saturated heterocycles. The molecule has 8 nitrogen and oxygen atoms in total. The van der Waals surface area contributed by atoms with Crippen LogP contribution in [0.15, 0.2) is 30.3 Å². The van der Waals surface area contributed by atoms with Crippen LogP contribution < -0.4 is 10.2 Å². The number of nitrogens with zero attached hydrogens (tertiary/aromatic N) is 5. The van der Waals surface area contributed by atoms with Crippen LogP contribution in [0.5, 0.6) is 0 Å². The normalized spacial score (nSPS) is 12.0. The Morgan fingerprint density at radius 3 is 2.71 bits per heavy atom. The second-order valence-electron chi connectivity index (χ2n) is 7.15. The van der Waals surface area contributed by atoms with Gasteiger partial charge in [-0.2, -0.15) is 10.1 Å². The van der Waals surface area contributed by atoms with Crippen LogP contribution in [-0.4, -0.2) is 51.0 Å². The highest BCUT2D eigenvalue weighted by molar-refractivity contribution is 5.95. The number of hydrogen-bond acceptors (Lipinski definition) is 5. The van der Waals surface area contributed by atoms with Crippen LogP contribution in [-0.2, 0) is 13.0 Å². The van der Waals surface area contributed by atoms with Gasteiger partial charge in [0.05, 0.1) is 5.69 Å². The molecule has 0 radical (unpaired) electrons. The number of hydrogen-bond donors (Lipinski definition) is 2. The topological polar surface area (TPSA) is 91.7 Å². The average Bonchev–Trinajstić information content (AvgIpc) is 3.27. The zero-order valence-corrected chi connectivity index (χ0v) is 17.0. The molecule has 0 aliphatic carbocycles. The van der Waals surface area contributed by atoms with E-state index in [-0.39, 0.29) is 11.9 Å². The molecular weight excluding hydrogens is 354 g/mol. The zero-order valence-electron chi connectivity index (χ0n) is 17.0. The van der Waals surface area contributed by atoms with Crippen LogP contribution in [0.1, 0.15) is 35.6 Å². The summed E-state index contributed by atoms with van der Waals surface area (Å²) in [4.78, 5) is 19.2. The van der Waals surface area contributed by atoms with Crippen molar-refractivity contribution < 1.29 is 4.79 Å². The van der Waals surface area contributed by atoms with E-state index in [9.17, 15) is 4.79 Å². The number of aromatic amines is 1. The van der Waals surface area contributed by atoms with Gasteiger partial charge in [0.1, 0.15) is 0 Å². The van der Waals surface area contributed by atoms with Crippen LogP contribution >= 0.6 is 0 Å². The van der Waals surface area contributed by atoms with E-state index in [0.29, 0.717) is 17.8 Å². The van der Waals surface area contributed by atoms with Crippen LogP contribution in [0.3, 0.4) is 0 Å². The Bertz CT molecular complexity index is 957. The van der Waals surface area contributed by atoms with Gasteiger partial charge in [-0.25, -0.2) is 4.68 Å². The van der Waals surface area contributed by atoms with E-state index in [2.05, 4.69) is 25.6 Å². The standard InChI is InChI=1S/C20H27N7O/c1-6-27-20(26(4)5)22-18(25-27)15-8-7-9-16(12-15)19(28)21-13(2)10-17-11-14(3)23-24-17/h7-9,11-13H,6,10H2,1-5H3,(H,21,28)(H,23,24)/t13-/m0/s1. The number of anilines is 1. The van der Waals surface area contributed by atoms with Gasteiger partial charge >= 0.3 is 0 Å². The van der Waals surface area contributed by atoms with E-state index >= 15 is 0 Å². The largest absolute Gasteiger partial charge is 0.349 e. The number of H-pyrrole nitrogens is 1. The number of carbonyl (C=O) groups is 1. The van der Waals surface area contributed by atoms with E-state index in [4.69, 9.17) is 0 Å². The van der Waals surface area contributed by atoms with Gasteiger partial charge in [-0.15, -0.1) is 5.10 Å². The van der Waals surface area contributed by atoms with Crippen molar-refractivity contribution in [3.8, 4) is 11.4 Å². The predicted molar refractivity (Wildman–Crippen MR) is 109 cm³/mol. The van der Waals surface area contributed by atoms with Crippen molar-refractivity contribution >= 4 is 11.9 Å². The maximum Gasteiger partial charge on any atom is 0.251 e. The van der Waals surface area contributed by atoms with Gasteiger partial charge in [-0.1, -0.05) is 12.1 Å².